The maximum atomic E-state index is 5.71. The second-order valence-electron chi connectivity index (χ2n) is 4.51. The van der Waals surface area contributed by atoms with E-state index in [4.69, 9.17) is 5.84 Å². The third-order valence-corrected chi connectivity index (χ3v) is 5.13. The number of benzene rings is 1. The van der Waals surface area contributed by atoms with E-state index in [0.29, 0.717) is 0 Å². The third-order valence-electron chi connectivity index (χ3n) is 3.19. The Labute approximate surface area is 120 Å². The minimum atomic E-state index is 0.131. The Bertz CT molecular complexity index is 654. The van der Waals surface area contributed by atoms with Crippen LogP contribution in [0.3, 0.4) is 0 Å². The highest BCUT2D eigenvalue weighted by molar-refractivity contribution is 7.18. The number of rotatable bonds is 4. The van der Waals surface area contributed by atoms with Crippen LogP contribution >= 0.6 is 22.7 Å². The number of hydrazine groups is 1. The molecule has 2 heterocycles. The monoisotopic (exact) mass is 289 g/mol. The van der Waals surface area contributed by atoms with Gasteiger partial charge in [-0.05, 0) is 40.9 Å². The predicted molar refractivity (Wildman–Crippen MR) is 82.4 cm³/mol. The lowest BCUT2D eigenvalue weighted by atomic mass is 10.0. The van der Waals surface area contributed by atoms with Gasteiger partial charge in [0.25, 0.3) is 0 Å². The standard InChI is InChI=1S/C14H15N3S2/c1-9-7-18-8-10(9)12(17-15)6-14-16-11-4-2-3-5-13(11)19-14/h2-5,7-8,12,17H,6,15H2,1H3. The molecule has 3 nitrogen and oxygen atoms in total. The van der Waals surface area contributed by atoms with E-state index in [9.17, 15) is 0 Å². The van der Waals surface area contributed by atoms with E-state index in [2.05, 4.69) is 40.2 Å². The summed E-state index contributed by atoms with van der Waals surface area (Å²) in [7, 11) is 0. The van der Waals surface area contributed by atoms with Gasteiger partial charge in [-0.2, -0.15) is 11.3 Å². The van der Waals surface area contributed by atoms with Crippen LogP contribution in [-0.2, 0) is 6.42 Å². The number of fused-ring (bicyclic) bond motifs is 1. The van der Waals surface area contributed by atoms with Gasteiger partial charge >= 0.3 is 0 Å². The average Bonchev–Trinajstić information content (AvgIpc) is 3.01. The summed E-state index contributed by atoms with van der Waals surface area (Å²) >= 11 is 3.45. The van der Waals surface area contributed by atoms with Crippen molar-refractivity contribution < 1.29 is 0 Å². The lowest BCUT2D eigenvalue weighted by Crippen LogP contribution is -2.29. The SMILES string of the molecule is Cc1cscc1C(Cc1nc2ccccc2s1)NN. The lowest BCUT2D eigenvalue weighted by molar-refractivity contribution is 0.550. The van der Waals surface area contributed by atoms with Crippen molar-refractivity contribution in [3.8, 4) is 0 Å². The summed E-state index contributed by atoms with van der Waals surface area (Å²) in [6.45, 7) is 2.12. The van der Waals surface area contributed by atoms with Gasteiger partial charge in [0.1, 0.15) is 0 Å². The highest BCUT2D eigenvalue weighted by Gasteiger charge is 2.16. The zero-order chi connectivity index (χ0) is 13.2. The molecule has 1 unspecified atom stereocenters. The largest absolute Gasteiger partial charge is 0.271 e. The first-order valence-corrected chi connectivity index (χ1v) is 7.87. The van der Waals surface area contributed by atoms with Crippen molar-refractivity contribution in [2.24, 2.45) is 5.84 Å². The van der Waals surface area contributed by atoms with E-state index in [1.807, 2.05) is 12.1 Å². The molecule has 0 aliphatic carbocycles. The lowest BCUT2D eigenvalue weighted by Gasteiger charge is -2.14. The number of nitrogens with zero attached hydrogens (tertiary/aromatic N) is 1. The van der Waals surface area contributed by atoms with Crippen molar-refractivity contribution in [1.29, 1.82) is 0 Å². The summed E-state index contributed by atoms with van der Waals surface area (Å²) < 4.78 is 1.23. The molecular formula is C14H15N3S2. The van der Waals surface area contributed by atoms with Crippen LogP contribution in [0.4, 0.5) is 0 Å². The molecule has 5 heteroatoms. The minimum absolute atomic E-state index is 0.131. The molecule has 0 amide bonds. The second kappa shape index (κ2) is 5.38. The van der Waals surface area contributed by atoms with Gasteiger partial charge in [0.2, 0.25) is 0 Å². The number of hydrogen-bond donors (Lipinski definition) is 2. The molecule has 0 spiro atoms. The molecule has 19 heavy (non-hydrogen) atoms. The number of para-hydroxylation sites is 1. The fourth-order valence-corrected chi connectivity index (χ4v) is 4.09. The molecular weight excluding hydrogens is 274 g/mol. The molecule has 1 aromatic carbocycles. The molecule has 3 aromatic rings. The van der Waals surface area contributed by atoms with Crippen molar-refractivity contribution in [2.75, 3.05) is 0 Å². The number of nitrogens with one attached hydrogen (secondary N) is 1. The van der Waals surface area contributed by atoms with Gasteiger partial charge in [0.15, 0.2) is 0 Å². The van der Waals surface area contributed by atoms with Gasteiger partial charge in [-0.25, -0.2) is 4.98 Å². The maximum absolute atomic E-state index is 5.71. The molecule has 0 aliphatic heterocycles. The van der Waals surface area contributed by atoms with Gasteiger partial charge in [-0.15, -0.1) is 11.3 Å². The fourth-order valence-electron chi connectivity index (χ4n) is 2.17. The normalized spacial score (nSPS) is 12.9. The van der Waals surface area contributed by atoms with Crippen LogP contribution in [0.5, 0.6) is 0 Å². The predicted octanol–water partition coefficient (Wildman–Crippen LogP) is 3.41. The van der Waals surface area contributed by atoms with Crippen molar-refractivity contribution in [1.82, 2.24) is 10.4 Å². The Hall–Kier alpha value is -1.27. The first-order valence-electron chi connectivity index (χ1n) is 6.11. The zero-order valence-corrected chi connectivity index (χ0v) is 12.2. The summed E-state index contributed by atoms with van der Waals surface area (Å²) in [6, 6.07) is 8.36. The summed E-state index contributed by atoms with van der Waals surface area (Å²) in [5.41, 5.74) is 6.54. The molecule has 0 fully saturated rings. The third kappa shape index (κ3) is 2.55. The number of nitrogens with two attached hydrogens (primary N) is 1. The van der Waals surface area contributed by atoms with Gasteiger partial charge in [0.05, 0.1) is 21.3 Å². The first-order chi connectivity index (χ1) is 9.28. The van der Waals surface area contributed by atoms with Crippen molar-refractivity contribution >= 4 is 32.9 Å². The number of hydrogen-bond acceptors (Lipinski definition) is 5. The van der Waals surface area contributed by atoms with Gasteiger partial charge in [-0.3, -0.25) is 11.3 Å². The molecule has 2 aromatic heterocycles. The maximum Gasteiger partial charge on any atom is 0.0958 e. The summed E-state index contributed by atoms with van der Waals surface area (Å²) in [5.74, 6) is 5.71. The van der Waals surface area contributed by atoms with Crippen molar-refractivity contribution in [3.63, 3.8) is 0 Å². The Kier molecular flexibility index (Phi) is 3.61. The second-order valence-corrected chi connectivity index (χ2v) is 6.37. The van der Waals surface area contributed by atoms with Gasteiger partial charge < -0.3 is 0 Å². The number of thiazole rings is 1. The van der Waals surface area contributed by atoms with E-state index in [1.165, 1.54) is 15.8 Å². The molecule has 0 radical (unpaired) electrons. The smallest absolute Gasteiger partial charge is 0.0958 e. The van der Waals surface area contributed by atoms with E-state index in [1.54, 1.807) is 22.7 Å². The summed E-state index contributed by atoms with van der Waals surface area (Å²) in [4.78, 5) is 4.67. The molecule has 1 atom stereocenters. The Morgan fingerprint density at radius 2 is 2.16 bits per heavy atom. The Morgan fingerprint density at radius 1 is 1.32 bits per heavy atom. The molecule has 3 N–H and O–H groups in total. The molecule has 98 valence electrons. The van der Waals surface area contributed by atoms with E-state index < -0.39 is 0 Å². The van der Waals surface area contributed by atoms with Gasteiger partial charge in [0, 0.05) is 6.42 Å². The van der Waals surface area contributed by atoms with Crippen LogP contribution in [-0.4, -0.2) is 4.98 Å². The molecule has 0 bridgehead atoms. The number of aromatic nitrogens is 1. The number of aryl methyl sites for hydroxylation is 1. The van der Waals surface area contributed by atoms with Crippen molar-refractivity contribution in [3.05, 3.63) is 51.2 Å². The zero-order valence-electron chi connectivity index (χ0n) is 10.6. The molecule has 0 saturated carbocycles. The summed E-state index contributed by atoms with van der Waals surface area (Å²) in [6.07, 6.45) is 0.827. The Balaban J connectivity index is 1.88. The van der Waals surface area contributed by atoms with Crippen LogP contribution in [0.2, 0.25) is 0 Å². The average molecular weight is 289 g/mol. The quantitative estimate of drug-likeness (QED) is 0.571. The highest BCUT2D eigenvalue weighted by atomic mass is 32.1. The minimum Gasteiger partial charge on any atom is -0.271 e. The first kappa shape index (κ1) is 12.7. The van der Waals surface area contributed by atoms with E-state index >= 15 is 0 Å². The molecule has 0 saturated heterocycles. The van der Waals surface area contributed by atoms with Crippen molar-refractivity contribution in [2.45, 2.75) is 19.4 Å². The summed E-state index contributed by atoms with van der Waals surface area (Å²) in [5, 5.41) is 5.43. The number of thiophene rings is 1. The van der Waals surface area contributed by atoms with E-state index in [-0.39, 0.29) is 6.04 Å². The van der Waals surface area contributed by atoms with Crippen LogP contribution in [0.25, 0.3) is 10.2 Å². The van der Waals surface area contributed by atoms with Gasteiger partial charge in [-0.1, -0.05) is 12.1 Å². The van der Waals surface area contributed by atoms with Crippen LogP contribution in [0, 0.1) is 6.92 Å². The fraction of sp³-hybridized carbons (Fsp3) is 0.214. The topological polar surface area (TPSA) is 50.9 Å². The molecule has 0 aliphatic rings. The molecule has 3 rings (SSSR count). The van der Waals surface area contributed by atoms with Crippen LogP contribution in [0.1, 0.15) is 22.2 Å². The van der Waals surface area contributed by atoms with Crippen LogP contribution < -0.4 is 11.3 Å². The van der Waals surface area contributed by atoms with Crippen LogP contribution in [0.15, 0.2) is 35.0 Å². The van der Waals surface area contributed by atoms with E-state index in [0.717, 1.165) is 16.9 Å². The highest BCUT2D eigenvalue weighted by Crippen LogP contribution is 2.28. The Morgan fingerprint density at radius 3 is 2.84 bits per heavy atom.